The molecule has 0 fully saturated rings. The molecule has 1 N–H and O–H groups in total. The van der Waals surface area contributed by atoms with Crippen LogP contribution in [-0.4, -0.2) is 16.6 Å². The monoisotopic (exact) mass is 179 g/mol. The van der Waals surface area contributed by atoms with Crippen LogP contribution in [0.4, 0.5) is 0 Å². The Morgan fingerprint density at radius 1 is 1.46 bits per heavy atom. The summed E-state index contributed by atoms with van der Waals surface area (Å²) in [4.78, 5) is 10.0. The summed E-state index contributed by atoms with van der Waals surface area (Å²) in [6, 6.07) is 8.46. The molecule has 4 nitrogen and oxygen atoms in total. The highest BCUT2D eigenvalue weighted by molar-refractivity contribution is 5.58. The smallest absolute Gasteiger partial charge is 0.274 e. The zero-order valence-electron chi connectivity index (χ0n) is 6.88. The summed E-state index contributed by atoms with van der Waals surface area (Å²) in [5.74, 6) is 0. The van der Waals surface area contributed by atoms with Gasteiger partial charge >= 0.3 is 0 Å². The molecule has 13 heavy (non-hydrogen) atoms. The molecule has 0 spiro atoms. The van der Waals surface area contributed by atoms with Gasteiger partial charge in [-0.2, -0.15) is 0 Å². The Hall–Kier alpha value is -1.68. The fourth-order valence-electron chi connectivity index (χ4n) is 0.993. The number of benzene rings is 1. The normalized spacial score (nSPS) is 11.3. The second kappa shape index (κ2) is 4.37. The molecule has 0 aliphatic rings. The van der Waals surface area contributed by atoms with E-state index in [4.69, 9.17) is 5.11 Å². The number of nitrogens with zero attached hydrogens (tertiary/aromatic N) is 1. The molecule has 0 heterocycles. The van der Waals surface area contributed by atoms with E-state index in [1.165, 1.54) is 6.08 Å². The SMILES string of the molecule is O=[N+]([O-])C(=CCO)c1ccccc1. The minimum absolute atomic E-state index is 0.0666. The summed E-state index contributed by atoms with van der Waals surface area (Å²) < 4.78 is 0. The average Bonchev–Trinajstić information content (AvgIpc) is 2.15. The Kier molecular flexibility index (Phi) is 3.16. The van der Waals surface area contributed by atoms with Crippen LogP contribution in [0.5, 0.6) is 0 Å². The Labute approximate surface area is 75.3 Å². The highest BCUT2D eigenvalue weighted by atomic mass is 16.6. The van der Waals surface area contributed by atoms with E-state index in [0.717, 1.165) is 0 Å². The third-order valence-electron chi connectivity index (χ3n) is 1.55. The first kappa shape index (κ1) is 9.41. The van der Waals surface area contributed by atoms with Crippen molar-refractivity contribution >= 4 is 5.70 Å². The van der Waals surface area contributed by atoms with Crippen molar-refractivity contribution in [1.29, 1.82) is 0 Å². The molecule has 0 saturated carbocycles. The van der Waals surface area contributed by atoms with E-state index in [9.17, 15) is 10.1 Å². The molecule has 1 aromatic rings. The molecule has 1 aromatic carbocycles. The summed E-state index contributed by atoms with van der Waals surface area (Å²) in [5.41, 5.74) is 0.435. The van der Waals surface area contributed by atoms with Crippen molar-refractivity contribution in [2.75, 3.05) is 6.61 Å². The first-order chi connectivity index (χ1) is 6.25. The molecule has 0 aromatic heterocycles. The highest BCUT2D eigenvalue weighted by Crippen LogP contribution is 2.13. The van der Waals surface area contributed by atoms with Crippen LogP contribution in [0.15, 0.2) is 36.4 Å². The van der Waals surface area contributed by atoms with Crippen LogP contribution < -0.4 is 0 Å². The van der Waals surface area contributed by atoms with Gasteiger partial charge in [0, 0.05) is 6.08 Å². The second-order valence-corrected chi connectivity index (χ2v) is 2.40. The van der Waals surface area contributed by atoms with Crippen LogP contribution in [0.25, 0.3) is 5.70 Å². The van der Waals surface area contributed by atoms with E-state index in [1.54, 1.807) is 30.3 Å². The van der Waals surface area contributed by atoms with Crippen LogP contribution in [-0.2, 0) is 0 Å². The Morgan fingerprint density at radius 3 is 2.54 bits per heavy atom. The molecule has 0 aliphatic heterocycles. The lowest BCUT2D eigenvalue weighted by Gasteiger charge is -1.96. The number of aliphatic hydroxyl groups excluding tert-OH is 1. The fraction of sp³-hybridized carbons (Fsp3) is 0.111. The van der Waals surface area contributed by atoms with Gasteiger partial charge in [-0.05, 0) is 12.1 Å². The van der Waals surface area contributed by atoms with Crippen molar-refractivity contribution in [3.8, 4) is 0 Å². The average molecular weight is 179 g/mol. The molecule has 0 saturated heterocycles. The fourth-order valence-corrected chi connectivity index (χ4v) is 0.993. The molecular formula is C9H9NO3. The Balaban J connectivity index is 3.03. The predicted molar refractivity (Wildman–Crippen MR) is 48.5 cm³/mol. The van der Waals surface area contributed by atoms with Crippen molar-refractivity contribution in [1.82, 2.24) is 0 Å². The van der Waals surface area contributed by atoms with E-state index >= 15 is 0 Å². The van der Waals surface area contributed by atoms with Crippen molar-refractivity contribution in [3.05, 3.63) is 52.1 Å². The number of hydrogen-bond donors (Lipinski definition) is 1. The van der Waals surface area contributed by atoms with Gasteiger partial charge in [0.15, 0.2) is 0 Å². The quantitative estimate of drug-likeness (QED) is 0.561. The first-order valence-electron chi connectivity index (χ1n) is 3.76. The largest absolute Gasteiger partial charge is 0.392 e. The molecule has 1 rings (SSSR count). The zero-order valence-corrected chi connectivity index (χ0v) is 6.88. The maximum absolute atomic E-state index is 10.5. The van der Waals surface area contributed by atoms with Crippen molar-refractivity contribution in [2.24, 2.45) is 0 Å². The van der Waals surface area contributed by atoms with Crippen LogP contribution in [0.3, 0.4) is 0 Å². The van der Waals surface area contributed by atoms with Gasteiger partial charge in [-0.1, -0.05) is 18.2 Å². The Morgan fingerprint density at radius 2 is 2.08 bits per heavy atom. The molecule has 68 valence electrons. The van der Waals surface area contributed by atoms with Crippen LogP contribution in [0, 0.1) is 10.1 Å². The standard InChI is InChI=1S/C9H9NO3/c11-7-6-9(10(12)13)8-4-2-1-3-5-8/h1-6,11H,7H2. The summed E-state index contributed by atoms with van der Waals surface area (Å²) >= 11 is 0. The van der Waals surface area contributed by atoms with Crippen molar-refractivity contribution in [2.45, 2.75) is 0 Å². The van der Waals surface area contributed by atoms with Gasteiger partial charge in [0.1, 0.15) is 0 Å². The maximum Gasteiger partial charge on any atom is 0.274 e. The molecule has 0 bridgehead atoms. The maximum atomic E-state index is 10.5. The highest BCUT2D eigenvalue weighted by Gasteiger charge is 2.11. The van der Waals surface area contributed by atoms with Gasteiger partial charge < -0.3 is 5.11 Å². The van der Waals surface area contributed by atoms with Gasteiger partial charge in [-0.25, -0.2) is 0 Å². The van der Waals surface area contributed by atoms with E-state index < -0.39 is 4.92 Å². The van der Waals surface area contributed by atoms with Gasteiger partial charge in [0.25, 0.3) is 5.70 Å². The minimum atomic E-state index is -0.508. The predicted octanol–water partition coefficient (Wildman–Crippen LogP) is 1.30. The molecule has 0 radical (unpaired) electrons. The van der Waals surface area contributed by atoms with E-state index in [0.29, 0.717) is 5.56 Å². The molecule has 0 atom stereocenters. The van der Waals surface area contributed by atoms with Gasteiger partial charge in [0.05, 0.1) is 17.1 Å². The molecule has 0 aliphatic carbocycles. The second-order valence-electron chi connectivity index (χ2n) is 2.40. The third-order valence-corrected chi connectivity index (χ3v) is 1.55. The van der Waals surface area contributed by atoms with E-state index in [2.05, 4.69) is 0 Å². The lowest BCUT2D eigenvalue weighted by Crippen LogP contribution is -1.98. The molecule has 4 heteroatoms. The molecular weight excluding hydrogens is 170 g/mol. The Bertz CT molecular complexity index is 319. The number of nitro groups is 1. The zero-order chi connectivity index (χ0) is 9.68. The summed E-state index contributed by atoms with van der Waals surface area (Å²) in [6.45, 7) is -0.328. The topological polar surface area (TPSA) is 63.4 Å². The van der Waals surface area contributed by atoms with Gasteiger partial charge in [0.2, 0.25) is 0 Å². The number of rotatable bonds is 3. The van der Waals surface area contributed by atoms with Gasteiger partial charge in [-0.3, -0.25) is 10.1 Å². The van der Waals surface area contributed by atoms with Crippen molar-refractivity contribution in [3.63, 3.8) is 0 Å². The van der Waals surface area contributed by atoms with Crippen LogP contribution in [0.2, 0.25) is 0 Å². The lowest BCUT2D eigenvalue weighted by atomic mass is 10.1. The third kappa shape index (κ3) is 2.38. The number of aliphatic hydroxyl groups is 1. The first-order valence-corrected chi connectivity index (χ1v) is 3.76. The summed E-state index contributed by atoms with van der Waals surface area (Å²) in [7, 11) is 0. The molecule has 0 unspecified atom stereocenters. The minimum Gasteiger partial charge on any atom is -0.392 e. The van der Waals surface area contributed by atoms with Crippen molar-refractivity contribution < 1.29 is 10.0 Å². The van der Waals surface area contributed by atoms with E-state index in [1.807, 2.05) is 0 Å². The van der Waals surface area contributed by atoms with Gasteiger partial charge in [-0.15, -0.1) is 0 Å². The van der Waals surface area contributed by atoms with E-state index in [-0.39, 0.29) is 12.3 Å². The van der Waals surface area contributed by atoms with Crippen LogP contribution >= 0.6 is 0 Å². The van der Waals surface area contributed by atoms with Crippen LogP contribution in [0.1, 0.15) is 5.56 Å². The summed E-state index contributed by atoms with van der Waals surface area (Å²) in [5, 5.41) is 19.1. The number of hydrogen-bond acceptors (Lipinski definition) is 3. The summed E-state index contributed by atoms with van der Waals surface area (Å²) in [6.07, 6.45) is 1.18. The lowest BCUT2D eigenvalue weighted by molar-refractivity contribution is -0.375. The molecule has 0 amide bonds.